The second-order valence-corrected chi connectivity index (χ2v) is 4.05. The zero-order valence-electron chi connectivity index (χ0n) is 9.83. The van der Waals surface area contributed by atoms with E-state index < -0.39 is 0 Å². The Morgan fingerprint density at radius 1 is 1.20 bits per heavy atom. The highest BCUT2D eigenvalue weighted by Gasteiger charge is 2.45. The van der Waals surface area contributed by atoms with Crippen LogP contribution in [-0.2, 0) is 14.3 Å². The van der Waals surface area contributed by atoms with E-state index in [9.17, 15) is 4.79 Å². The van der Waals surface area contributed by atoms with Gasteiger partial charge in [-0.3, -0.25) is 0 Å². The smallest absolute Gasteiger partial charge is 0.337 e. The molecule has 15 heavy (non-hydrogen) atoms. The third-order valence-electron chi connectivity index (χ3n) is 2.69. The molecule has 1 aliphatic heterocycles. The maximum Gasteiger partial charge on any atom is 0.337 e. The van der Waals surface area contributed by atoms with E-state index in [4.69, 9.17) is 9.47 Å². The van der Waals surface area contributed by atoms with Gasteiger partial charge in [0.1, 0.15) is 0 Å². The van der Waals surface area contributed by atoms with Gasteiger partial charge in [-0.15, -0.1) is 0 Å². The number of hydrogen-bond acceptors (Lipinski definition) is 3. The van der Waals surface area contributed by atoms with Crippen molar-refractivity contribution in [3.63, 3.8) is 0 Å². The Balaban J connectivity index is 1.95. The quantitative estimate of drug-likeness (QED) is 0.354. The number of hydrogen-bond donors (Lipinski definition) is 0. The molecule has 3 nitrogen and oxygen atoms in total. The van der Waals surface area contributed by atoms with Crippen LogP contribution in [0.2, 0.25) is 0 Å². The predicted molar refractivity (Wildman–Crippen MR) is 58.7 cm³/mol. The second-order valence-electron chi connectivity index (χ2n) is 4.05. The lowest BCUT2D eigenvalue weighted by atomic mass is 10.1. The first kappa shape index (κ1) is 12.5. The summed E-state index contributed by atoms with van der Waals surface area (Å²) in [5.41, 5.74) is 0. The Morgan fingerprint density at radius 3 is 2.60 bits per heavy atom. The van der Waals surface area contributed by atoms with Crippen molar-refractivity contribution in [2.24, 2.45) is 0 Å². The van der Waals surface area contributed by atoms with Crippen LogP contribution in [0.25, 0.3) is 0 Å². The van der Waals surface area contributed by atoms with E-state index in [2.05, 4.69) is 6.92 Å². The summed E-state index contributed by atoms with van der Waals surface area (Å²) < 4.78 is 10.1. The molecule has 88 valence electrons. The van der Waals surface area contributed by atoms with Crippen LogP contribution < -0.4 is 0 Å². The van der Waals surface area contributed by atoms with Crippen molar-refractivity contribution in [1.29, 1.82) is 0 Å². The molecule has 1 rings (SSSR count). The minimum absolute atomic E-state index is 0.144. The fourth-order valence-electron chi connectivity index (χ4n) is 1.74. The fraction of sp³-hybridized carbons (Fsp3) is 0.917. The zero-order valence-corrected chi connectivity index (χ0v) is 9.83. The number of rotatable bonds is 8. The summed E-state index contributed by atoms with van der Waals surface area (Å²) in [7, 11) is 0. The summed E-state index contributed by atoms with van der Waals surface area (Å²) >= 11 is 0. The highest BCUT2D eigenvalue weighted by molar-refractivity contribution is 5.77. The van der Waals surface area contributed by atoms with Gasteiger partial charge in [0.15, 0.2) is 6.10 Å². The van der Waals surface area contributed by atoms with Gasteiger partial charge in [-0.05, 0) is 13.3 Å². The van der Waals surface area contributed by atoms with Crippen molar-refractivity contribution in [3.05, 3.63) is 0 Å². The summed E-state index contributed by atoms with van der Waals surface area (Å²) in [4.78, 5) is 11.2. The molecule has 0 radical (unpaired) electrons. The van der Waals surface area contributed by atoms with E-state index in [0.29, 0.717) is 6.61 Å². The summed E-state index contributed by atoms with van der Waals surface area (Å²) in [6, 6.07) is 0. The Labute approximate surface area is 92.1 Å². The molecule has 1 aliphatic rings. The van der Waals surface area contributed by atoms with E-state index in [0.717, 1.165) is 6.42 Å². The third-order valence-corrected chi connectivity index (χ3v) is 2.69. The van der Waals surface area contributed by atoms with Crippen LogP contribution in [0, 0.1) is 0 Å². The largest absolute Gasteiger partial charge is 0.464 e. The van der Waals surface area contributed by atoms with Crippen LogP contribution in [0.4, 0.5) is 0 Å². The first-order chi connectivity index (χ1) is 7.29. The van der Waals surface area contributed by atoms with Crippen molar-refractivity contribution in [1.82, 2.24) is 0 Å². The van der Waals surface area contributed by atoms with E-state index in [-0.39, 0.29) is 18.2 Å². The van der Waals surface area contributed by atoms with Gasteiger partial charge < -0.3 is 9.47 Å². The molecular formula is C12H22O3. The molecule has 0 amide bonds. The Bertz CT molecular complexity index is 191. The van der Waals surface area contributed by atoms with Gasteiger partial charge in [0.05, 0.1) is 12.7 Å². The molecule has 2 atom stereocenters. The molecule has 1 saturated heterocycles. The molecule has 1 fully saturated rings. The minimum atomic E-state index is -0.254. The molecule has 0 saturated carbocycles. The average Bonchev–Trinajstić information content (AvgIpc) is 2.97. The van der Waals surface area contributed by atoms with Gasteiger partial charge in [0.25, 0.3) is 0 Å². The number of epoxide rings is 1. The molecule has 0 aromatic heterocycles. The topological polar surface area (TPSA) is 38.8 Å². The maximum absolute atomic E-state index is 11.2. The first-order valence-electron chi connectivity index (χ1n) is 6.11. The number of carbonyl (C=O) groups is 1. The van der Waals surface area contributed by atoms with Crippen LogP contribution in [0.5, 0.6) is 0 Å². The fourth-order valence-corrected chi connectivity index (χ4v) is 1.74. The molecule has 0 bridgehead atoms. The van der Waals surface area contributed by atoms with Crippen molar-refractivity contribution < 1.29 is 14.3 Å². The molecule has 0 aliphatic carbocycles. The molecule has 3 heteroatoms. The van der Waals surface area contributed by atoms with Crippen LogP contribution in [0.3, 0.4) is 0 Å². The molecule has 0 aromatic carbocycles. The lowest BCUT2D eigenvalue weighted by molar-refractivity contribution is -0.144. The van der Waals surface area contributed by atoms with Crippen molar-refractivity contribution >= 4 is 5.97 Å². The standard InChI is InChI=1S/C12H22O3/c1-3-5-6-7-8-9-10-11(15-10)12(13)14-4-2/h10-11H,3-9H2,1-2H3/t10-,11+/m1/s1. The molecule has 0 aromatic rings. The van der Waals surface area contributed by atoms with Gasteiger partial charge >= 0.3 is 5.97 Å². The number of esters is 1. The third kappa shape index (κ3) is 4.65. The normalized spacial score (nSPS) is 23.9. The van der Waals surface area contributed by atoms with Crippen molar-refractivity contribution in [2.75, 3.05) is 6.61 Å². The van der Waals surface area contributed by atoms with E-state index in [1.807, 2.05) is 6.92 Å². The highest BCUT2D eigenvalue weighted by Crippen LogP contribution is 2.28. The van der Waals surface area contributed by atoms with Crippen LogP contribution in [-0.4, -0.2) is 24.8 Å². The Hall–Kier alpha value is -0.570. The van der Waals surface area contributed by atoms with Gasteiger partial charge in [0, 0.05) is 0 Å². The lowest BCUT2D eigenvalue weighted by Crippen LogP contribution is -2.13. The van der Waals surface area contributed by atoms with E-state index in [1.165, 1.54) is 32.1 Å². The number of ether oxygens (including phenoxy) is 2. The predicted octanol–water partition coefficient (Wildman–Crippen LogP) is 2.68. The Morgan fingerprint density at radius 2 is 1.93 bits per heavy atom. The van der Waals surface area contributed by atoms with Crippen LogP contribution in [0.1, 0.15) is 52.4 Å². The van der Waals surface area contributed by atoms with Gasteiger partial charge in [-0.1, -0.05) is 39.0 Å². The van der Waals surface area contributed by atoms with Crippen molar-refractivity contribution in [3.8, 4) is 0 Å². The number of carbonyl (C=O) groups excluding carboxylic acids is 1. The molecular weight excluding hydrogens is 192 g/mol. The van der Waals surface area contributed by atoms with Gasteiger partial charge in [-0.25, -0.2) is 4.79 Å². The maximum atomic E-state index is 11.2. The molecule has 1 heterocycles. The number of unbranched alkanes of at least 4 members (excludes halogenated alkanes) is 4. The Kier molecular flexibility index (Phi) is 5.69. The lowest BCUT2D eigenvalue weighted by Gasteiger charge is -1.98. The van der Waals surface area contributed by atoms with Crippen LogP contribution >= 0.6 is 0 Å². The second kappa shape index (κ2) is 6.83. The summed E-state index contributed by atoms with van der Waals surface area (Å²) in [5.74, 6) is -0.184. The van der Waals surface area contributed by atoms with Gasteiger partial charge in [-0.2, -0.15) is 0 Å². The summed E-state index contributed by atoms with van der Waals surface area (Å²) in [6.45, 7) is 4.47. The average molecular weight is 214 g/mol. The summed E-state index contributed by atoms with van der Waals surface area (Å²) in [5, 5.41) is 0. The first-order valence-corrected chi connectivity index (χ1v) is 6.11. The highest BCUT2D eigenvalue weighted by atomic mass is 16.6. The SMILES string of the molecule is CCCCCCC[C@H]1O[C@@H]1C(=O)OCC. The van der Waals surface area contributed by atoms with E-state index in [1.54, 1.807) is 0 Å². The monoisotopic (exact) mass is 214 g/mol. The van der Waals surface area contributed by atoms with Crippen molar-refractivity contribution in [2.45, 2.75) is 64.6 Å². The molecule has 0 N–H and O–H groups in total. The minimum Gasteiger partial charge on any atom is -0.464 e. The molecule has 0 spiro atoms. The zero-order chi connectivity index (χ0) is 11.1. The van der Waals surface area contributed by atoms with Crippen LogP contribution in [0.15, 0.2) is 0 Å². The molecule has 0 unspecified atom stereocenters. The van der Waals surface area contributed by atoms with E-state index >= 15 is 0 Å². The summed E-state index contributed by atoms with van der Waals surface area (Å²) in [6.07, 6.45) is 7.20. The van der Waals surface area contributed by atoms with Gasteiger partial charge in [0.2, 0.25) is 0 Å².